The molecule has 0 unspecified atom stereocenters. The number of nitrogens with zero attached hydrogens (tertiary/aromatic N) is 1. The molecule has 1 aromatic carbocycles. The molecule has 1 atom stereocenters. The van der Waals surface area contributed by atoms with E-state index >= 15 is 0 Å². The number of carboxylic acid groups (broad SMARTS) is 1. The molecule has 1 aromatic rings. The van der Waals surface area contributed by atoms with Crippen LogP contribution in [0.5, 0.6) is 0 Å². The first-order valence-corrected chi connectivity index (χ1v) is 8.35. The monoisotopic (exact) mass is 311 g/mol. The Balaban J connectivity index is 2.17. The van der Waals surface area contributed by atoms with Crippen LogP contribution in [0.3, 0.4) is 0 Å². The topological polar surface area (TPSA) is 91.8 Å². The zero-order valence-corrected chi connectivity index (χ0v) is 12.7. The molecule has 1 saturated heterocycles. The summed E-state index contributed by atoms with van der Waals surface area (Å²) in [6, 6.07) is 5.67. The number of hydrogen-bond acceptors (Lipinski definition) is 4. The lowest BCUT2D eigenvalue weighted by atomic mass is 9.90. The average Bonchev–Trinajstić information content (AvgIpc) is 2.81. The van der Waals surface area contributed by atoms with Crippen molar-refractivity contribution in [3.8, 4) is 0 Å². The molecule has 0 radical (unpaired) electrons. The minimum Gasteiger partial charge on any atom is -0.481 e. The molecule has 7 heteroatoms. The van der Waals surface area contributed by atoms with E-state index in [1.165, 1.54) is 29.2 Å². The van der Waals surface area contributed by atoms with Crippen molar-refractivity contribution in [2.24, 2.45) is 5.41 Å². The standard InChI is InChI=1S/C14H17NO5S/c1-14(13(17)18)7-8-15(9-14)12(16)10-3-5-11(6-4-10)21(2,19)20/h3-6H,7-9H2,1-2H3,(H,17,18)/t14-/m0/s1. The summed E-state index contributed by atoms with van der Waals surface area (Å²) in [5.74, 6) is -1.19. The lowest BCUT2D eigenvalue weighted by molar-refractivity contribution is -0.147. The van der Waals surface area contributed by atoms with Crippen molar-refractivity contribution in [3.63, 3.8) is 0 Å². The molecule has 0 bridgehead atoms. The summed E-state index contributed by atoms with van der Waals surface area (Å²) in [4.78, 5) is 25.1. The third-order valence-electron chi connectivity index (χ3n) is 3.81. The van der Waals surface area contributed by atoms with E-state index in [0.717, 1.165) is 6.26 Å². The van der Waals surface area contributed by atoms with Crippen LogP contribution in [0, 0.1) is 5.41 Å². The largest absolute Gasteiger partial charge is 0.481 e. The van der Waals surface area contributed by atoms with Crippen LogP contribution in [-0.2, 0) is 14.6 Å². The van der Waals surface area contributed by atoms with Crippen molar-refractivity contribution < 1.29 is 23.1 Å². The van der Waals surface area contributed by atoms with E-state index in [4.69, 9.17) is 5.11 Å². The van der Waals surface area contributed by atoms with Gasteiger partial charge in [0, 0.05) is 24.9 Å². The predicted molar refractivity (Wildman–Crippen MR) is 75.8 cm³/mol. The summed E-state index contributed by atoms with van der Waals surface area (Å²) in [6.45, 7) is 2.17. The van der Waals surface area contributed by atoms with Crippen molar-refractivity contribution in [1.82, 2.24) is 4.90 Å². The van der Waals surface area contributed by atoms with E-state index in [2.05, 4.69) is 0 Å². The molecule has 0 aliphatic carbocycles. The van der Waals surface area contributed by atoms with Crippen molar-refractivity contribution >= 4 is 21.7 Å². The summed E-state index contributed by atoms with van der Waals surface area (Å²) < 4.78 is 22.7. The van der Waals surface area contributed by atoms with Crippen LogP contribution in [0.15, 0.2) is 29.2 Å². The van der Waals surface area contributed by atoms with Gasteiger partial charge in [0.25, 0.3) is 5.91 Å². The summed E-state index contributed by atoms with van der Waals surface area (Å²) in [7, 11) is -3.30. The van der Waals surface area contributed by atoms with Gasteiger partial charge >= 0.3 is 5.97 Å². The summed E-state index contributed by atoms with van der Waals surface area (Å²) in [5, 5.41) is 9.16. The number of hydrogen-bond donors (Lipinski definition) is 1. The highest BCUT2D eigenvalue weighted by Gasteiger charge is 2.42. The van der Waals surface area contributed by atoms with Gasteiger partial charge in [0.1, 0.15) is 0 Å². The Bertz CT molecular complexity index is 680. The predicted octanol–water partition coefficient (Wildman–Crippen LogP) is 1.03. The number of carbonyl (C=O) groups excluding carboxylic acids is 1. The van der Waals surface area contributed by atoms with Gasteiger partial charge in [-0.25, -0.2) is 8.42 Å². The van der Waals surface area contributed by atoms with Crippen LogP contribution in [0.25, 0.3) is 0 Å². The third-order valence-corrected chi connectivity index (χ3v) is 4.93. The van der Waals surface area contributed by atoms with Crippen LogP contribution in [0.2, 0.25) is 0 Å². The van der Waals surface area contributed by atoms with Crippen molar-refractivity contribution in [2.45, 2.75) is 18.2 Å². The first-order valence-electron chi connectivity index (χ1n) is 6.46. The van der Waals surface area contributed by atoms with Crippen molar-refractivity contribution in [3.05, 3.63) is 29.8 Å². The highest BCUT2D eigenvalue weighted by Crippen LogP contribution is 2.31. The molecule has 21 heavy (non-hydrogen) atoms. The number of carbonyl (C=O) groups is 2. The van der Waals surface area contributed by atoms with Gasteiger partial charge in [-0.05, 0) is 37.6 Å². The quantitative estimate of drug-likeness (QED) is 0.900. The van der Waals surface area contributed by atoms with E-state index in [9.17, 15) is 18.0 Å². The smallest absolute Gasteiger partial charge is 0.311 e. The van der Waals surface area contributed by atoms with E-state index in [-0.39, 0.29) is 17.3 Å². The molecule has 1 N–H and O–H groups in total. The third kappa shape index (κ3) is 3.07. The van der Waals surface area contributed by atoms with Gasteiger partial charge in [0.05, 0.1) is 10.3 Å². The number of sulfone groups is 1. The zero-order chi connectivity index (χ0) is 15.8. The molecule has 114 valence electrons. The fourth-order valence-electron chi connectivity index (χ4n) is 2.34. The summed E-state index contributed by atoms with van der Waals surface area (Å²) >= 11 is 0. The first kappa shape index (κ1) is 15.5. The molecule has 0 aromatic heterocycles. The highest BCUT2D eigenvalue weighted by molar-refractivity contribution is 7.90. The fourth-order valence-corrected chi connectivity index (χ4v) is 2.97. The number of aliphatic carboxylic acids is 1. The van der Waals surface area contributed by atoms with Crippen LogP contribution in [0.4, 0.5) is 0 Å². The molecule has 1 aliphatic rings. The van der Waals surface area contributed by atoms with Gasteiger partial charge in [-0.1, -0.05) is 0 Å². The minimum atomic E-state index is -3.30. The van der Waals surface area contributed by atoms with Gasteiger partial charge in [-0.15, -0.1) is 0 Å². The summed E-state index contributed by atoms with van der Waals surface area (Å²) in [6.07, 6.45) is 1.51. The molecule has 0 saturated carbocycles. The number of benzene rings is 1. The molecule has 6 nitrogen and oxygen atoms in total. The molecule has 1 heterocycles. The summed E-state index contributed by atoms with van der Waals surface area (Å²) in [5.41, 5.74) is -0.556. The van der Waals surface area contributed by atoms with Gasteiger partial charge in [0.15, 0.2) is 9.84 Å². The Hall–Kier alpha value is -1.89. The number of amides is 1. The zero-order valence-electron chi connectivity index (χ0n) is 11.9. The molecule has 2 rings (SSSR count). The molecule has 0 spiro atoms. The van der Waals surface area contributed by atoms with Crippen LogP contribution in [-0.4, -0.2) is 49.6 Å². The van der Waals surface area contributed by atoms with E-state index in [1.807, 2.05) is 0 Å². The molecule has 1 aliphatic heterocycles. The fraction of sp³-hybridized carbons (Fsp3) is 0.429. The SMILES string of the molecule is C[C@]1(C(=O)O)CCN(C(=O)c2ccc(S(C)(=O)=O)cc2)C1. The Kier molecular flexibility index (Phi) is 3.79. The first-order chi connectivity index (χ1) is 9.63. The van der Waals surface area contributed by atoms with E-state index in [1.54, 1.807) is 6.92 Å². The van der Waals surface area contributed by atoms with Gasteiger partial charge in [0.2, 0.25) is 0 Å². The second-order valence-corrected chi connectivity index (χ2v) is 7.65. The molecule has 1 fully saturated rings. The Morgan fingerprint density at radius 2 is 1.81 bits per heavy atom. The number of likely N-dealkylation sites (tertiary alicyclic amines) is 1. The van der Waals surface area contributed by atoms with Crippen molar-refractivity contribution in [1.29, 1.82) is 0 Å². The lowest BCUT2D eigenvalue weighted by Crippen LogP contribution is -2.34. The van der Waals surface area contributed by atoms with Gasteiger partial charge in [-0.2, -0.15) is 0 Å². The van der Waals surface area contributed by atoms with Gasteiger partial charge < -0.3 is 10.0 Å². The normalized spacial score (nSPS) is 22.3. The Morgan fingerprint density at radius 3 is 2.24 bits per heavy atom. The van der Waals surface area contributed by atoms with Crippen molar-refractivity contribution in [2.75, 3.05) is 19.3 Å². The Labute approximate surface area is 123 Å². The molecule has 1 amide bonds. The van der Waals surface area contributed by atoms with E-state index in [0.29, 0.717) is 18.5 Å². The number of carboxylic acids is 1. The maximum atomic E-state index is 12.3. The average molecular weight is 311 g/mol. The molecular weight excluding hydrogens is 294 g/mol. The minimum absolute atomic E-state index is 0.149. The highest BCUT2D eigenvalue weighted by atomic mass is 32.2. The van der Waals surface area contributed by atoms with Gasteiger partial charge in [-0.3, -0.25) is 9.59 Å². The van der Waals surface area contributed by atoms with E-state index < -0.39 is 21.2 Å². The second kappa shape index (κ2) is 5.14. The van der Waals surface area contributed by atoms with Crippen LogP contribution < -0.4 is 0 Å². The lowest BCUT2D eigenvalue weighted by Gasteiger charge is -2.20. The second-order valence-electron chi connectivity index (χ2n) is 5.64. The maximum absolute atomic E-state index is 12.3. The maximum Gasteiger partial charge on any atom is 0.311 e. The van der Waals surface area contributed by atoms with Crippen LogP contribution >= 0.6 is 0 Å². The Morgan fingerprint density at radius 1 is 1.24 bits per heavy atom. The van der Waals surface area contributed by atoms with Crippen LogP contribution in [0.1, 0.15) is 23.7 Å². The molecular formula is C14H17NO5S. The number of rotatable bonds is 3.